The molecule has 1 aromatic rings. The average Bonchev–Trinajstić information content (AvgIpc) is 2.29. The van der Waals surface area contributed by atoms with Crippen LogP contribution >= 0.6 is 11.6 Å². The van der Waals surface area contributed by atoms with Crippen molar-refractivity contribution in [2.24, 2.45) is 0 Å². The van der Waals surface area contributed by atoms with Gasteiger partial charge in [0, 0.05) is 19.2 Å². The summed E-state index contributed by atoms with van der Waals surface area (Å²) >= 11 is 5.78. The summed E-state index contributed by atoms with van der Waals surface area (Å²) in [5.74, 6) is 0.775. The summed E-state index contributed by atoms with van der Waals surface area (Å²) in [5.41, 5.74) is 0. The molecule has 82 valence electrons. The van der Waals surface area contributed by atoms with E-state index in [1.807, 2.05) is 4.90 Å². The summed E-state index contributed by atoms with van der Waals surface area (Å²) in [4.78, 5) is 9.97. The highest BCUT2D eigenvalue weighted by Crippen LogP contribution is 2.17. The molecule has 1 N–H and O–H groups in total. The molecular formula is C9H12ClN3O2. The molecule has 0 radical (unpaired) electrons. The number of aliphatic hydroxyl groups is 1. The standard InChI is InChI=1S/C9H12ClN3O2/c10-8-3-9(12-6-11-8)13-1-2-15-7(4-13)5-14/h3,6-7,14H,1-2,4-5H2/t7-/m0/s1. The molecule has 0 saturated carbocycles. The Morgan fingerprint density at radius 3 is 3.20 bits per heavy atom. The van der Waals surface area contributed by atoms with Gasteiger partial charge >= 0.3 is 0 Å². The second-order valence-electron chi connectivity index (χ2n) is 3.32. The second-order valence-corrected chi connectivity index (χ2v) is 3.71. The van der Waals surface area contributed by atoms with Crippen LogP contribution in [0.5, 0.6) is 0 Å². The van der Waals surface area contributed by atoms with Gasteiger partial charge < -0.3 is 14.7 Å². The van der Waals surface area contributed by atoms with Crippen LogP contribution in [0.1, 0.15) is 0 Å². The molecule has 1 aliphatic rings. The number of nitrogens with zero attached hydrogens (tertiary/aromatic N) is 3. The minimum Gasteiger partial charge on any atom is -0.394 e. The lowest BCUT2D eigenvalue weighted by atomic mass is 10.3. The molecule has 0 aromatic carbocycles. The number of morpholine rings is 1. The number of hydrogen-bond donors (Lipinski definition) is 1. The topological polar surface area (TPSA) is 58.5 Å². The molecule has 2 heterocycles. The van der Waals surface area contributed by atoms with Gasteiger partial charge in [0.25, 0.3) is 0 Å². The normalized spacial score (nSPS) is 21.7. The Balaban J connectivity index is 2.09. The summed E-state index contributed by atoms with van der Waals surface area (Å²) in [5, 5.41) is 9.42. The van der Waals surface area contributed by atoms with Crippen molar-refractivity contribution in [2.75, 3.05) is 31.2 Å². The second kappa shape index (κ2) is 4.74. The van der Waals surface area contributed by atoms with Crippen LogP contribution in [0.3, 0.4) is 0 Å². The van der Waals surface area contributed by atoms with Gasteiger partial charge in [-0.15, -0.1) is 0 Å². The van der Waals surface area contributed by atoms with E-state index in [1.54, 1.807) is 6.07 Å². The molecule has 0 bridgehead atoms. The van der Waals surface area contributed by atoms with Crippen molar-refractivity contribution in [3.63, 3.8) is 0 Å². The van der Waals surface area contributed by atoms with Crippen molar-refractivity contribution in [3.05, 3.63) is 17.5 Å². The zero-order valence-electron chi connectivity index (χ0n) is 8.14. The molecule has 15 heavy (non-hydrogen) atoms. The number of ether oxygens (including phenoxy) is 1. The molecule has 1 aromatic heterocycles. The molecule has 5 nitrogen and oxygen atoms in total. The number of hydrogen-bond acceptors (Lipinski definition) is 5. The van der Waals surface area contributed by atoms with Crippen molar-refractivity contribution in [1.29, 1.82) is 0 Å². The minimum absolute atomic E-state index is 0.0231. The molecule has 0 spiro atoms. The van der Waals surface area contributed by atoms with E-state index in [9.17, 15) is 0 Å². The third-order valence-electron chi connectivity index (χ3n) is 2.29. The van der Waals surface area contributed by atoms with Crippen molar-refractivity contribution in [1.82, 2.24) is 9.97 Å². The van der Waals surface area contributed by atoms with E-state index in [0.29, 0.717) is 18.3 Å². The number of halogens is 1. The fraction of sp³-hybridized carbons (Fsp3) is 0.556. The maximum Gasteiger partial charge on any atom is 0.134 e. The first-order chi connectivity index (χ1) is 7.29. The van der Waals surface area contributed by atoms with E-state index >= 15 is 0 Å². The maximum atomic E-state index is 9.00. The fourth-order valence-corrected chi connectivity index (χ4v) is 1.68. The van der Waals surface area contributed by atoms with Crippen LogP contribution in [0.2, 0.25) is 5.15 Å². The molecule has 0 unspecified atom stereocenters. The number of anilines is 1. The van der Waals surface area contributed by atoms with E-state index in [2.05, 4.69) is 9.97 Å². The fourth-order valence-electron chi connectivity index (χ4n) is 1.54. The highest BCUT2D eigenvalue weighted by atomic mass is 35.5. The van der Waals surface area contributed by atoms with Crippen molar-refractivity contribution >= 4 is 17.4 Å². The third kappa shape index (κ3) is 2.56. The average molecular weight is 230 g/mol. The summed E-state index contributed by atoms with van der Waals surface area (Å²) in [6.07, 6.45) is 1.29. The van der Waals surface area contributed by atoms with Crippen LogP contribution in [-0.2, 0) is 4.74 Å². The van der Waals surface area contributed by atoms with Crippen LogP contribution in [-0.4, -0.2) is 47.5 Å². The number of aromatic nitrogens is 2. The lowest BCUT2D eigenvalue weighted by Gasteiger charge is -2.32. The van der Waals surface area contributed by atoms with E-state index in [4.69, 9.17) is 21.4 Å². The predicted molar refractivity (Wildman–Crippen MR) is 56.1 cm³/mol. The van der Waals surface area contributed by atoms with Gasteiger partial charge in [0.2, 0.25) is 0 Å². The summed E-state index contributed by atoms with van der Waals surface area (Å²) in [6, 6.07) is 1.71. The zero-order valence-corrected chi connectivity index (χ0v) is 8.89. The van der Waals surface area contributed by atoms with Crippen molar-refractivity contribution in [2.45, 2.75) is 6.10 Å². The Kier molecular flexibility index (Phi) is 3.35. The molecule has 2 rings (SSSR count). The van der Waals surface area contributed by atoms with Gasteiger partial charge in [0.05, 0.1) is 19.3 Å². The Morgan fingerprint density at radius 1 is 1.60 bits per heavy atom. The molecule has 1 saturated heterocycles. The highest BCUT2D eigenvalue weighted by Gasteiger charge is 2.20. The maximum absolute atomic E-state index is 9.00. The minimum atomic E-state index is -0.146. The van der Waals surface area contributed by atoms with Crippen molar-refractivity contribution < 1.29 is 9.84 Å². The highest BCUT2D eigenvalue weighted by molar-refractivity contribution is 6.29. The van der Waals surface area contributed by atoms with Gasteiger partial charge in [0.1, 0.15) is 17.3 Å². The molecule has 1 atom stereocenters. The quantitative estimate of drug-likeness (QED) is 0.741. The van der Waals surface area contributed by atoms with Crippen LogP contribution < -0.4 is 4.90 Å². The van der Waals surface area contributed by atoms with Gasteiger partial charge in [-0.25, -0.2) is 9.97 Å². The molecule has 1 aliphatic heterocycles. The van der Waals surface area contributed by atoms with Crippen LogP contribution in [0.4, 0.5) is 5.82 Å². The van der Waals surface area contributed by atoms with Gasteiger partial charge in [-0.1, -0.05) is 11.6 Å². The molecular weight excluding hydrogens is 218 g/mol. The van der Waals surface area contributed by atoms with Gasteiger partial charge in [-0.05, 0) is 0 Å². The van der Waals surface area contributed by atoms with E-state index in [-0.39, 0.29) is 12.7 Å². The smallest absolute Gasteiger partial charge is 0.134 e. The monoisotopic (exact) mass is 229 g/mol. The Hall–Kier alpha value is -0.910. The summed E-state index contributed by atoms with van der Waals surface area (Å²) < 4.78 is 5.34. The van der Waals surface area contributed by atoms with Crippen LogP contribution in [0.25, 0.3) is 0 Å². The van der Waals surface area contributed by atoms with Crippen LogP contribution in [0.15, 0.2) is 12.4 Å². The van der Waals surface area contributed by atoms with Gasteiger partial charge in [0.15, 0.2) is 0 Å². The first-order valence-electron chi connectivity index (χ1n) is 4.74. The first-order valence-corrected chi connectivity index (χ1v) is 5.12. The summed E-state index contributed by atoms with van der Waals surface area (Å²) in [6.45, 7) is 2.00. The van der Waals surface area contributed by atoms with Gasteiger partial charge in [-0.2, -0.15) is 0 Å². The Bertz CT molecular complexity index is 337. The predicted octanol–water partition coefficient (Wildman–Crippen LogP) is 0.327. The third-order valence-corrected chi connectivity index (χ3v) is 2.49. The first kappa shape index (κ1) is 10.6. The molecule has 0 aliphatic carbocycles. The zero-order chi connectivity index (χ0) is 10.7. The Labute approximate surface area is 92.7 Å². The van der Waals surface area contributed by atoms with Gasteiger partial charge in [-0.3, -0.25) is 0 Å². The van der Waals surface area contributed by atoms with Crippen molar-refractivity contribution in [3.8, 4) is 0 Å². The summed E-state index contributed by atoms with van der Waals surface area (Å²) in [7, 11) is 0. The molecule has 1 fully saturated rings. The lowest BCUT2D eigenvalue weighted by molar-refractivity contribution is 0.00335. The molecule has 6 heteroatoms. The van der Waals surface area contributed by atoms with E-state index in [1.165, 1.54) is 6.33 Å². The number of rotatable bonds is 2. The van der Waals surface area contributed by atoms with E-state index in [0.717, 1.165) is 12.4 Å². The molecule has 0 amide bonds. The van der Waals surface area contributed by atoms with Crippen LogP contribution in [0, 0.1) is 0 Å². The number of aliphatic hydroxyl groups excluding tert-OH is 1. The van der Waals surface area contributed by atoms with E-state index < -0.39 is 0 Å². The Morgan fingerprint density at radius 2 is 2.47 bits per heavy atom. The largest absolute Gasteiger partial charge is 0.394 e. The lowest BCUT2D eigenvalue weighted by Crippen LogP contribution is -2.44. The SMILES string of the molecule is OC[C@@H]1CN(c2cc(Cl)ncn2)CCO1.